The normalized spacial score (nSPS) is 11.8. The van der Waals surface area contributed by atoms with Crippen LogP contribution in [0.1, 0.15) is 83.8 Å². The highest BCUT2D eigenvalue weighted by molar-refractivity contribution is 5.76. The maximum atomic E-state index is 12.4. The molecule has 216 valence electrons. The first-order valence-electron chi connectivity index (χ1n) is 14.3. The predicted octanol–water partition coefficient (Wildman–Crippen LogP) is 7.29. The van der Waals surface area contributed by atoms with Gasteiger partial charge in [0.15, 0.2) is 0 Å². The summed E-state index contributed by atoms with van der Waals surface area (Å²) in [5, 5.41) is 0. The lowest BCUT2D eigenvalue weighted by Gasteiger charge is -2.22. The molecule has 0 radical (unpaired) electrons. The molecule has 0 fully saturated rings. The highest BCUT2D eigenvalue weighted by atomic mass is 16.5. The van der Waals surface area contributed by atoms with Crippen molar-refractivity contribution in [2.45, 2.75) is 85.9 Å². The average Bonchev–Trinajstić information content (AvgIpc) is 2.93. The molecule has 0 saturated heterocycles. The molecule has 2 aromatic carbocycles. The fraction of sp³-hybridized carbons (Fsp3) is 0.576. The molecule has 0 aromatic heterocycles. The summed E-state index contributed by atoms with van der Waals surface area (Å²) >= 11 is 0. The smallest absolute Gasteiger partial charge is 0.311 e. The fourth-order valence-corrected chi connectivity index (χ4v) is 4.05. The van der Waals surface area contributed by atoms with Gasteiger partial charge >= 0.3 is 11.9 Å². The molecule has 6 heteroatoms. The van der Waals surface area contributed by atoms with E-state index < -0.39 is 10.8 Å². The van der Waals surface area contributed by atoms with Gasteiger partial charge in [-0.05, 0) is 70.9 Å². The molecular weight excluding hydrogens is 492 g/mol. The van der Waals surface area contributed by atoms with Crippen LogP contribution in [0.2, 0.25) is 0 Å². The van der Waals surface area contributed by atoms with Crippen LogP contribution in [0.4, 0.5) is 0 Å². The van der Waals surface area contributed by atoms with Crippen molar-refractivity contribution in [2.75, 3.05) is 26.4 Å². The minimum atomic E-state index is -0.500. The third-order valence-electron chi connectivity index (χ3n) is 6.79. The highest BCUT2D eigenvalue weighted by Gasteiger charge is 2.29. The van der Waals surface area contributed by atoms with Crippen molar-refractivity contribution in [1.82, 2.24) is 0 Å². The minimum Gasteiger partial charge on any atom is -0.460 e. The molecule has 0 aliphatic rings. The van der Waals surface area contributed by atoms with Gasteiger partial charge in [-0.3, -0.25) is 9.59 Å². The molecule has 0 atom stereocenters. The number of carbonyl (C=O) groups excluding carboxylic acids is 2. The zero-order chi connectivity index (χ0) is 28.4. The summed E-state index contributed by atoms with van der Waals surface area (Å²) in [5.74, 6) is -0.313. The highest BCUT2D eigenvalue weighted by Crippen LogP contribution is 2.26. The Bertz CT molecular complexity index is 862. The van der Waals surface area contributed by atoms with Crippen LogP contribution in [0.3, 0.4) is 0 Å². The number of unbranched alkanes of at least 4 members (excludes halogenated alkanes) is 2. The number of esters is 2. The van der Waals surface area contributed by atoms with Crippen LogP contribution in [0.5, 0.6) is 0 Å². The quantitative estimate of drug-likeness (QED) is 0.130. The van der Waals surface area contributed by atoms with Gasteiger partial charge < -0.3 is 18.9 Å². The first kappa shape index (κ1) is 32.5. The largest absolute Gasteiger partial charge is 0.460 e. The van der Waals surface area contributed by atoms with Crippen molar-refractivity contribution in [3.8, 4) is 0 Å². The minimum absolute atomic E-state index is 0.157. The van der Waals surface area contributed by atoms with Crippen molar-refractivity contribution in [3.63, 3.8) is 0 Å². The van der Waals surface area contributed by atoms with Gasteiger partial charge in [-0.15, -0.1) is 0 Å². The molecule has 0 saturated carbocycles. The molecule has 0 amide bonds. The van der Waals surface area contributed by atoms with E-state index in [0.29, 0.717) is 39.6 Å². The first-order valence-corrected chi connectivity index (χ1v) is 14.3. The number of carbonyl (C=O) groups is 2. The number of benzene rings is 2. The van der Waals surface area contributed by atoms with E-state index >= 15 is 0 Å². The van der Waals surface area contributed by atoms with Crippen molar-refractivity contribution in [2.24, 2.45) is 10.8 Å². The Morgan fingerprint density at radius 3 is 1.28 bits per heavy atom. The summed E-state index contributed by atoms with van der Waals surface area (Å²) in [6, 6.07) is 19.5. The Morgan fingerprint density at radius 2 is 0.897 bits per heavy atom. The van der Waals surface area contributed by atoms with E-state index in [-0.39, 0.29) is 11.9 Å². The van der Waals surface area contributed by atoms with E-state index in [1.165, 1.54) is 0 Å². The van der Waals surface area contributed by atoms with Gasteiger partial charge in [-0.2, -0.15) is 0 Å². The van der Waals surface area contributed by atoms with Crippen LogP contribution >= 0.6 is 0 Å². The number of hydrogen-bond donors (Lipinski definition) is 0. The van der Waals surface area contributed by atoms with Gasteiger partial charge in [0, 0.05) is 26.4 Å². The summed E-state index contributed by atoms with van der Waals surface area (Å²) in [5.41, 5.74) is 1.00. The molecule has 0 bridgehead atoms. The van der Waals surface area contributed by atoms with Crippen LogP contribution in [-0.4, -0.2) is 38.4 Å². The molecule has 0 N–H and O–H groups in total. The van der Waals surface area contributed by atoms with Crippen LogP contribution in [-0.2, 0) is 41.8 Å². The second kappa shape index (κ2) is 17.8. The monoisotopic (exact) mass is 540 g/mol. The first-order chi connectivity index (χ1) is 18.7. The Hall–Kier alpha value is -2.70. The summed E-state index contributed by atoms with van der Waals surface area (Å²) in [4.78, 5) is 24.9. The van der Waals surface area contributed by atoms with Crippen LogP contribution in [0.25, 0.3) is 0 Å². The molecular formula is C33H48O6. The van der Waals surface area contributed by atoms with E-state index in [1.54, 1.807) is 0 Å². The molecule has 0 aliphatic carbocycles. The molecule has 0 aliphatic heterocycles. The van der Waals surface area contributed by atoms with Crippen LogP contribution in [0, 0.1) is 10.8 Å². The Balaban J connectivity index is 1.41. The topological polar surface area (TPSA) is 71.1 Å². The van der Waals surface area contributed by atoms with Crippen LogP contribution < -0.4 is 0 Å². The van der Waals surface area contributed by atoms with Gasteiger partial charge in [0.1, 0.15) is 13.2 Å². The zero-order valence-corrected chi connectivity index (χ0v) is 24.4. The SMILES string of the molecule is CC(C)(CCCCOCCCOCCCCC(C)(C)C(=O)OCc1ccccc1)C(=O)OCc1ccccc1. The summed E-state index contributed by atoms with van der Waals surface area (Å²) in [6.07, 6.45) is 6.07. The predicted molar refractivity (Wildman–Crippen MR) is 154 cm³/mol. The third-order valence-corrected chi connectivity index (χ3v) is 6.79. The van der Waals surface area contributed by atoms with E-state index in [9.17, 15) is 9.59 Å². The van der Waals surface area contributed by atoms with E-state index in [1.807, 2.05) is 88.4 Å². The van der Waals surface area contributed by atoms with E-state index in [0.717, 1.165) is 56.1 Å². The molecule has 6 nitrogen and oxygen atoms in total. The fourth-order valence-electron chi connectivity index (χ4n) is 4.05. The van der Waals surface area contributed by atoms with Gasteiger partial charge in [-0.25, -0.2) is 0 Å². The molecule has 0 heterocycles. The van der Waals surface area contributed by atoms with Gasteiger partial charge in [0.25, 0.3) is 0 Å². The van der Waals surface area contributed by atoms with Crippen molar-refractivity contribution in [1.29, 1.82) is 0 Å². The molecule has 0 unspecified atom stereocenters. The lowest BCUT2D eigenvalue weighted by atomic mass is 9.87. The maximum absolute atomic E-state index is 12.4. The van der Waals surface area contributed by atoms with E-state index in [4.69, 9.17) is 18.9 Å². The number of ether oxygens (including phenoxy) is 4. The lowest BCUT2D eigenvalue weighted by molar-refractivity contribution is -0.156. The van der Waals surface area contributed by atoms with Gasteiger partial charge in [-0.1, -0.05) is 73.5 Å². The second-order valence-electron chi connectivity index (χ2n) is 11.4. The maximum Gasteiger partial charge on any atom is 0.311 e. The number of hydrogen-bond acceptors (Lipinski definition) is 6. The Morgan fingerprint density at radius 1 is 0.538 bits per heavy atom. The molecule has 39 heavy (non-hydrogen) atoms. The van der Waals surface area contributed by atoms with Crippen molar-refractivity contribution >= 4 is 11.9 Å². The average molecular weight is 541 g/mol. The molecule has 2 aromatic rings. The number of rotatable bonds is 20. The Labute approximate surface area is 235 Å². The zero-order valence-electron chi connectivity index (χ0n) is 24.4. The summed E-state index contributed by atoms with van der Waals surface area (Å²) in [7, 11) is 0. The Kier molecular flexibility index (Phi) is 14.8. The van der Waals surface area contributed by atoms with Crippen molar-refractivity contribution in [3.05, 3.63) is 71.8 Å². The van der Waals surface area contributed by atoms with Crippen LogP contribution in [0.15, 0.2) is 60.7 Å². The van der Waals surface area contributed by atoms with Gasteiger partial charge in [0.2, 0.25) is 0 Å². The van der Waals surface area contributed by atoms with Gasteiger partial charge in [0.05, 0.1) is 10.8 Å². The van der Waals surface area contributed by atoms with E-state index in [2.05, 4.69) is 0 Å². The third kappa shape index (κ3) is 13.8. The molecule has 2 rings (SSSR count). The summed E-state index contributed by atoms with van der Waals surface area (Å²) in [6.45, 7) is 11.1. The summed E-state index contributed by atoms with van der Waals surface area (Å²) < 4.78 is 22.4. The lowest BCUT2D eigenvalue weighted by Crippen LogP contribution is -2.26. The second-order valence-corrected chi connectivity index (χ2v) is 11.4. The molecule has 0 spiro atoms. The van der Waals surface area contributed by atoms with Crippen molar-refractivity contribution < 1.29 is 28.5 Å². The standard InChI is InChI=1S/C33H48O6/c1-32(2,30(34)38-26-28-16-7-5-8-17-28)20-11-13-22-36-24-15-25-37-23-14-12-21-33(3,4)31(35)39-27-29-18-9-6-10-19-29/h5-10,16-19H,11-15,20-27H2,1-4H3.